The molecule has 2 rings (SSSR count). The van der Waals surface area contributed by atoms with E-state index < -0.39 is 0 Å². The van der Waals surface area contributed by atoms with Crippen molar-refractivity contribution in [1.82, 2.24) is 15.6 Å². The van der Waals surface area contributed by atoms with Gasteiger partial charge < -0.3 is 10.6 Å². The zero-order valence-corrected chi connectivity index (χ0v) is 17.4. The number of hydrogen-bond donors (Lipinski definition) is 2. The fraction of sp³-hybridized carbons (Fsp3) is 0.733. The molecule has 1 aromatic rings. The van der Waals surface area contributed by atoms with E-state index in [0.29, 0.717) is 5.41 Å². The van der Waals surface area contributed by atoms with Crippen molar-refractivity contribution in [3.8, 4) is 0 Å². The van der Waals surface area contributed by atoms with E-state index in [1.807, 2.05) is 30.4 Å². The number of hydrogen-bond acceptors (Lipinski definition) is 4. The molecule has 0 radical (unpaired) electrons. The number of nitrogens with zero attached hydrogens (tertiary/aromatic N) is 2. The normalized spacial score (nSPS) is 16.5. The van der Waals surface area contributed by atoms with Crippen molar-refractivity contribution < 1.29 is 0 Å². The molecule has 0 spiro atoms. The number of rotatable bonds is 8. The van der Waals surface area contributed by atoms with Crippen LogP contribution in [0.2, 0.25) is 0 Å². The van der Waals surface area contributed by atoms with Gasteiger partial charge in [-0.15, -0.1) is 35.3 Å². The lowest BCUT2D eigenvalue weighted by Gasteiger charge is -2.41. The van der Waals surface area contributed by atoms with Crippen molar-refractivity contribution in [2.45, 2.75) is 43.4 Å². The minimum Gasteiger partial charge on any atom is -0.356 e. The van der Waals surface area contributed by atoms with E-state index in [9.17, 15) is 0 Å². The molecule has 1 fully saturated rings. The lowest BCUT2D eigenvalue weighted by atomic mass is 9.67. The molecule has 0 unspecified atom stereocenters. The highest BCUT2D eigenvalue weighted by Crippen LogP contribution is 2.42. The van der Waals surface area contributed by atoms with E-state index in [1.54, 1.807) is 11.3 Å². The van der Waals surface area contributed by atoms with Gasteiger partial charge in [-0.3, -0.25) is 4.99 Å². The lowest BCUT2D eigenvalue weighted by Crippen LogP contribution is -2.46. The minimum absolute atomic E-state index is 0. The number of thioether (sulfide) groups is 1. The van der Waals surface area contributed by atoms with E-state index in [2.05, 4.69) is 27.5 Å². The van der Waals surface area contributed by atoms with Crippen LogP contribution in [0, 0.1) is 5.41 Å². The fourth-order valence-corrected chi connectivity index (χ4v) is 4.19. The first-order chi connectivity index (χ1) is 10.3. The third kappa shape index (κ3) is 6.23. The molecule has 0 bridgehead atoms. The molecule has 1 aliphatic rings. The van der Waals surface area contributed by atoms with Crippen LogP contribution >= 0.6 is 47.1 Å². The molecule has 0 atom stereocenters. The summed E-state index contributed by atoms with van der Waals surface area (Å²) < 4.78 is 1.16. The molecule has 0 saturated heterocycles. The quantitative estimate of drug-likeness (QED) is 0.205. The predicted octanol–water partition coefficient (Wildman–Crippen LogP) is 3.99. The maximum absolute atomic E-state index is 4.31. The number of guanidine groups is 1. The third-order valence-electron chi connectivity index (χ3n) is 4.27. The third-order valence-corrected chi connectivity index (χ3v) is 6.32. The van der Waals surface area contributed by atoms with Gasteiger partial charge in [-0.1, -0.05) is 25.1 Å². The van der Waals surface area contributed by atoms with Crippen LogP contribution in [-0.4, -0.2) is 36.8 Å². The molecule has 22 heavy (non-hydrogen) atoms. The van der Waals surface area contributed by atoms with Crippen LogP contribution < -0.4 is 10.6 Å². The topological polar surface area (TPSA) is 49.3 Å². The van der Waals surface area contributed by atoms with E-state index in [4.69, 9.17) is 0 Å². The molecule has 0 aliphatic heterocycles. The summed E-state index contributed by atoms with van der Waals surface area (Å²) in [6, 6.07) is 0. The van der Waals surface area contributed by atoms with E-state index >= 15 is 0 Å². The maximum Gasteiger partial charge on any atom is 0.190 e. The van der Waals surface area contributed by atoms with Crippen molar-refractivity contribution in [3.05, 3.63) is 11.6 Å². The number of nitrogens with one attached hydrogen (secondary N) is 2. The van der Waals surface area contributed by atoms with E-state index in [-0.39, 0.29) is 24.0 Å². The van der Waals surface area contributed by atoms with Crippen LogP contribution in [-0.2, 0) is 0 Å². The Morgan fingerprint density at radius 1 is 1.45 bits per heavy atom. The Morgan fingerprint density at radius 3 is 2.82 bits per heavy atom. The highest BCUT2D eigenvalue weighted by Gasteiger charge is 2.34. The molecule has 2 N–H and O–H groups in total. The Kier molecular flexibility index (Phi) is 9.74. The van der Waals surface area contributed by atoms with Crippen LogP contribution in [0.3, 0.4) is 0 Å². The van der Waals surface area contributed by atoms with Gasteiger partial charge in [0.15, 0.2) is 5.96 Å². The summed E-state index contributed by atoms with van der Waals surface area (Å²) >= 11 is 3.54. The fourth-order valence-electron chi connectivity index (χ4n) is 2.54. The van der Waals surface area contributed by atoms with Gasteiger partial charge in [0, 0.05) is 37.5 Å². The number of thiazole rings is 1. The Labute approximate surface area is 159 Å². The number of aliphatic imine (C=N–C) groups is 1. The minimum atomic E-state index is 0. The Morgan fingerprint density at radius 2 is 2.27 bits per heavy atom. The molecule has 0 aromatic carbocycles. The summed E-state index contributed by atoms with van der Waals surface area (Å²) in [5.41, 5.74) is 0.526. The zero-order chi connectivity index (χ0) is 15.0. The molecule has 126 valence electrons. The first-order valence-corrected chi connectivity index (χ1v) is 9.61. The van der Waals surface area contributed by atoms with Crippen molar-refractivity contribution in [1.29, 1.82) is 0 Å². The Hall–Kier alpha value is -0.0200. The van der Waals surface area contributed by atoms with Gasteiger partial charge in [-0.05, 0) is 31.1 Å². The standard InChI is InChI=1S/C15H26N4S2.HI/c1-3-15(6-4-7-15)12-19-13(16-2)17-8-5-10-20-14-18-9-11-21-14;/h9,11H,3-8,10,12H2,1-2H3,(H2,16,17,19);1H. The van der Waals surface area contributed by atoms with Crippen LogP contribution in [0.25, 0.3) is 0 Å². The Balaban J connectivity index is 0.00000242. The van der Waals surface area contributed by atoms with Gasteiger partial charge in [0.05, 0.1) is 0 Å². The van der Waals surface area contributed by atoms with E-state index in [1.165, 1.54) is 25.7 Å². The van der Waals surface area contributed by atoms with Gasteiger partial charge >= 0.3 is 0 Å². The number of halogens is 1. The molecule has 1 aromatic heterocycles. The molecule has 1 heterocycles. The summed E-state index contributed by atoms with van der Waals surface area (Å²) in [6.07, 6.45) is 8.35. The van der Waals surface area contributed by atoms with E-state index in [0.717, 1.165) is 35.6 Å². The van der Waals surface area contributed by atoms with Crippen molar-refractivity contribution in [2.24, 2.45) is 10.4 Å². The first kappa shape index (κ1) is 20.0. The molecular formula is C15H27IN4S2. The highest BCUT2D eigenvalue weighted by atomic mass is 127. The van der Waals surface area contributed by atoms with Gasteiger partial charge in [0.1, 0.15) is 4.34 Å². The molecule has 4 nitrogen and oxygen atoms in total. The first-order valence-electron chi connectivity index (χ1n) is 7.75. The van der Waals surface area contributed by atoms with Crippen molar-refractivity contribution >= 4 is 53.0 Å². The predicted molar refractivity (Wildman–Crippen MR) is 109 cm³/mol. The molecule has 7 heteroatoms. The zero-order valence-electron chi connectivity index (χ0n) is 13.4. The Bertz CT molecular complexity index is 427. The second kappa shape index (κ2) is 10.7. The molecular weight excluding hydrogens is 427 g/mol. The van der Waals surface area contributed by atoms with Crippen molar-refractivity contribution in [2.75, 3.05) is 25.9 Å². The van der Waals surface area contributed by atoms with Crippen LogP contribution in [0.1, 0.15) is 39.0 Å². The lowest BCUT2D eigenvalue weighted by molar-refractivity contribution is 0.131. The smallest absolute Gasteiger partial charge is 0.190 e. The number of aromatic nitrogens is 1. The molecule has 0 amide bonds. The van der Waals surface area contributed by atoms with Crippen LogP contribution in [0.5, 0.6) is 0 Å². The monoisotopic (exact) mass is 454 g/mol. The van der Waals surface area contributed by atoms with Gasteiger partial charge in [-0.2, -0.15) is 0 Å². The summed E-state index contributed by atoms with van der Waals surface area (Å²) in [6.45, 7) is 4.31. The largest absolute Gasteiger partial charge is 0.356 e. The van der Waals surface area contributed by atoms with Crippen molar-refractivity contribution in [3.63, 3.8) is 0 Å². The highest BCUT2D eigenvalue weighted by molar-refractivity contribution is 14.0. The molecule has 1 saturated carbocycles. The van der Waals surface area contributed by atoms with Crippen LogP contribution in [0.15, 0.2) is 20.9 Å². The van der Waals surface area contributed by atoms with Gasteiger partial charge in [-0.25, -0.2) is 4.98 Å². The van der Waals surface area contributed by atoms with Crippen LogP contribution in [0.4, 0.5) is 0 Å². The van der Waals surface area contributed by atoms with Gasteiger partial charge in [0.25, 0.3) is 0 Å². The summed E-state index contributed by atoms with van der Waals surface area (Å²) in [7, 11) is 1.85. The second-order valence-electron chi connectivity index (χ2n) is 5.56. The SMILES string of the molecule is CCC1(CNC(=NC)NCCCSc2nccs2)CCC1.I. The average Bonchev–Trinajstić information content (AvgIpc) is 2.97. The molecule has 1 aliphatic carbocycles. The second-order valence-corrected chi connectivity index (χ2v) is 7.80. The summed E-state index contributed by atoms with van der Waals surface area (Å²) in [4.78, 5) is 8.58. The summed E-state index contributed by atoms with van der Waals surface area (Å²) in [5.74, 6) is 2.03. The average molecular weight is 454 g/mol. The summed E-state index contributed by atoms with van der Waals surface area (Å²) in [5, 5.41) is 8.92. The maximum atomic E-state index is 4.31. The van der Waals surface area contributed by atoms with Gasteiger partial charge in [0.2, 0.25) is 0 Å².